The molecule has 0 aliphatic carbocycles. The summed E-state index contributed by atoms with van der Waals surface area (Å²) < 4.78 is 0. The van der Waals surface area contributed by atoms with Gasteiger partial charge in [0.2, 0.25) is 0 Å². The Labute approximate surface area is 172 Å². The summed E-state index contributed by atoms with van der Waals surface area (Å²) in [6, 6.07) is 16.2. The van der Waals surface area contributed by atoms with Gasteiger partial charge in [0.1, 0.15) is 11.9 Å². The largest absolute Gasteiger partial charge is 0.383 e. The molecule has 7 heteroatoms. The fourth-order valence-electron chi connectivity index (χ4n) is 2.67. The Balaban J connectivity index is 1.67. The fraction of sp³-hybridized carbons (Fsp3) is 0.0952. The third kappa shape index (κ3) is 4.80. The number of hydrogen-bond acceptors (Lipinski definition) is 5. The number of pyridine rings is 1. The molecule has 140 valence electrons. The van der Waals surface area contributed by atoms with Gasteiger partial charge >= 0.3 is 0 Å². The van der Waals surface area contributed by atoms with E-state index >= 15 is 0 Å². The van der Waals surface area contributed by atoms with E-state index < -0.39 is 0 Å². The molecule has 2 aromatic carbocycles. The Morgan fingerprint density at radius 3 is 2.50 bits per heavy atom. The van der Waals surface area contributed by atoms with E-state index in [4.69, 9.17) is 28.5 Å². The molecule has 28 heavy (non-hydrogen) atoms. The molecule has 0 radical (unpaired) electrons. The van der Waals surface area contributed by atoms with Gasteiger partial charge in [-0.3, -0.25) is 4.79 Å². The molecule has 0 fully saturated rings. The summed E-state index contributed by atoms with van der Waals surface area (Å²) >= 11 is 12.3. The molecule has 5 nitrogen and oxygen atoms in total. The van der Waals surface area contributed by atoms with Crippen molar-refractivity contribution in [3.63, 3.8) is 0 Å². The number of nitrogens with zero attached hydrogens (tertiary/aromatic N) is 2. The molecule has 0 bridgehead atoms. The van der Waals surface area contributed by atoms with Gasteiger partial charge in [0.25, 0.3) is 0 Å². The summed E-state index contributed by atoms with van der Waals surface area (Å²) in [4.78, 5) is 15.6. The van der Waals surface area contributed by atoms with Crippen LogP contribution in [-0.2, 0) is 0 Å². The molecule has 0 amide bonds. The van der Waals surface area contributed by atoms with Crippen molar-refractivity contribution in [2.75, 3.05) is 23.7 Å². The minimum Gasteiger partial charge on any atom is -0.383 e. The summed E-state index contributed by atoms with van der Waals surface area (Å²) in [5.74, 6) is 0.700. The van der Waals surface area contributed by atoms with Crippen LogP contribution in [0.3, 0.4) is 0 Å². The number of nitrogens with one attached hydrogen (secondary N) is 2. The zero-order valence-corrected chi connectivity index (χ0v) is 16.3. The molecule has 0 aliphatic rings. The highest BCUT2D eigenvalue weighted by atomic mass is 35.5. The number of halogens is 2. The van der Waals surface area contributed by atoms with Crippen LogP contribution in [0.4, 0.5) is 11.5 Å². The van der Waals surface area contributed by atoms with Gasteiger partial charge in [-0.05, 0) is 48.0 Å². The van der Waals surface area contributed by atoms with Crippen molar-refractivity contribution in [2.24, 2.45) is 0 Å². The van der Waals surface area contributed by atoms with E-state index in [0.717, 1.165) is 23.1 Å². The van der Waals surface area contributed by atoms with Gasteiger partial charge in [-0.25, -0.2) is 4.98 Å². The Kier molecular flexibility index (Phi) is 6.49. The maximum Gasteiger partial charge on any atom is 0.150 e. The van der Waals surface area contributed by atoms with E-state index in [2.05, 4.69) is 15.6 Å². The first-order valence-corrected chi connectivity index (χ1v) is 9.25. The molecule has 0 spiro atoms. The minimum absolute atomic E-state index is 0.487. The second kappa shape index (κ2) is 9.23. The lowest BCUT2D eigenvalue weighted by Crippen LogP contribution is -2.14. The van der Waals surface area contributed by atoms with Crippen molar-refractivity contribution in [1.82, 2.24) is 4.98 Å². The lowest BCUT2D eigenvalue weighted by Gasteiger charge is -2.12. The first-order valence-electron chi connectivity index (χ1n) is 8.49. The van der Waals surface area contributed by atoms with E-state index in [1.165, 1.54) is 6.20 Å². The van der Waals surface area contributed by atoms with Crippen LogP contribution in [0.25, 0.3) is 11.1 Å². The molecule has 0 saturated carbocycles. The standard InChI is InChI=1S/C21H16Cl2N4O/c22-16-3-5-18(20(23)9-16)19-10-17(4-2-15(19)13-28)25-7-8-26-21-6-1-14(11-24)12-27-21/h1-6,9-10,12-13,25H,7-8H2,(H,26,27). The molecule has 3 rings (SSSR count). The van der Waals surface area contributed by atoms with Gasteiger partial charge in [0, 0.05) is 46.1 Å². The van der Waals surface area contributed by atoms with Crippen molar-refractivity contribution in [1.29, 1.82) is 5.26 Å². The van der Waals surface area contributed by atoms with E-state index in [1.54, 1.807) is 36.4 Å². The maximum absolute atomic E-state index is 11.4. The van der Waals surface area contributed by atoms with E-state index in [-0.39, 0.29) is 0 Å². The number of benzene rings is 2. The third-order valence-electron chi connectivity index (χ3n) is 4.05. The average Bonchev–Trinajstić information content (AvgIpc) is 2.71. The van der Waals surface area contributed by atoms with E-state index in [0.29, 0.717) is 40.1 Å². The van der Waals surface area contributed by atoms with Crippen LogP contribution >= 0.6 is 23.2 Å². The molecule has 2 N–H and O–H groups in total. The molecule has 3 aromatic rings. The molecule has 0 saturated heterocycles. The fourth-order valence-corrected chi connectivity index (χ4v) is 3.18. The number of anilines is 2. The predicted molar refractivity (Wildman–Crippen MR) is 113 cm³/mol. The summed E-state index contributed by atoms with van der Waals surface area (Å²) in [7, 11) is 0. The Morgan fingerprint density at radius 1 is 1.00 bits per heavy atom. The number of nitriles is 1. The highest BCUT2D eigenvalue weighted by molar-refractivity contribution is 6.36. The summed E-state index contributed by atoms with van der Waals surface area (Å²) in [6.45, 7) is 1.27. The van der Waals surface area contributed by atoms with Crippen LogP contribution in [0.1, 0.15) is 15.9 Å². The normalized spacial score (nSPS) is 10.2. The first kappa shape index (κ1) is 19.7. The van der Waals surface area contributed by atoms with Gasteiger partial charge in [0.05, 0.1) is 5.56 Å². The quantitative estimate of drug-likeness (QED) is 0.410. The zero-order valence-electron chi connectivity index (χ0n) is 14.7. The third-order valence-corrected chi connectivity index (χ3v) is 4.60. The highest BCUT2D eigenvalue weighted by Crippen LogP contribution is 2.33. The van der Waals surface area contributed by atoms with Crippen LogP contribution in [-0.4, -0.2) is 24.4 Å². The van der Waals surface area contributed by atoms with Crippen molar-refractivity contribution < 1.29 is 4.79 Å². The number of rotatable bonds is 7. The Morgan fingerprint density at radius 2 is 1.82 bits per heavy atom. The number of carbonyl (C=O) groups is 1. The van der Waals surface area contributed by atoms with Crippen LogP contribution in [0.5, 0.6) is 0 Å². The van der Waals surface area contributed by atoms with Gasteiger partial charge in [-0.15, -0.1) is 0 Å². The highest BCUT2D eigenvalue weighted by Gasteiger charge is 2.10. The van der Waals surface area contributed by atoms with Crippen molar-refractivity contribution >= 4 is 41.0 Å². The first-order chi connectivity index (χ1) is 13.6. The van der Waals surface area contributed by atoms with Crippen molar-refractivity contribution in [2.45, 2.75) is 0 Å². The number of aldehydes is 1. The number of carbonyl (C=O) groups excluding carboxylic acids is 1. The molecule has 0 atom stereocenters. The molecule has 0 unspecified atom stereocenters. The molecule has 1 heterocycles. The maximum atomic E-state index is 11.4. The van der Waals surface area contributed by atoms with Crippen molar-refractivity contribution in [3.05, 3.63) is 75.9 Å². The van der Waals surface area contributed by atoms with Gasteiger partial charge in [0.15, 0.2) is 6.29 Å². The average molecular weight is 411 g/mol. The van der Waals surface area contributed by atoms with Crippen molar-refractivity contribution in [3.8, 4) is 17.2 Å². The van der Waals surface area contributed by atoms with Crippen LogP contribution in [0, 0.1) is 11.3 Å². The van der Waals surface area contributed by atoms with Crippen LogP contribution in [0.2, 0.25) is 10.0 Å². The predicted octanol–water partition coefficient (Wildman–Crippen LogP) is 5.26. The smallest absolute Gasteiger partial charge is 0.150 e. The van der Waals surface area contributed by atoms with E-state index in [9.17, 15) is 4.79 Å². The van der Waals surface area contributed by atoms with E-state index in [1.807, 2.05) is 18.2 Å². The molecular weight excluding hydrogens is 395 g/mol. The summed E-state index contributed by atoms with van der Waals surface area (Å²) in [5.41, 5.74) is 3.42. The second-order valence-corrected chi connectivity index (χ2v) is 6.79. The van der Waals surface area contributed by atoms with Crippen LogP contribution < -0.4 is 10.6 Å². The Hall–Kier alpha value is -3.07. The topological polar surface area (TPSA) is 77.8 Å². The second-order valence-electron chi connectivity index (χ2n) is 5.94. The monoisotopic (exact) mass is 410 g/mol. The summed E-state index contributed by atoms with van der Waals surface area (Å²) in [5, 5.41) is 16.3. The number of aromatic nitrogens is 1. The Bertz CT molecular complexity index is 1030. The molecule has 1 aromatic heterocycles. The summed E-state index contributed by atoms with van der Waals surface area (Å²) in [6.07, 6.45) is 2.33. The molecule has 0 aliphatic heterocycles. The van der Waals surface area contributed by atoms with Gasteiger partial charge in [-0.2, -0.15) is 5.26 Å². The number of hydrogen-bond donors (Lipinski definition) is 2. The minimum atomic E-state index is 0.487. The molecular formula is C21H16Cl2N4O. The lowest BCUT2D eigenvalue weighted by molar-refractivity contribution is 0.112. The van der Waals surface area contributed by atoms with Gasteiger partial charge in [-0.1, -0.05) is 29.3 Å². The van der Waals surface area contributed by atoms with Crippen LogP contribution in [0.15, 0.2) is 54.7 Å². The SMILES string of the molecule is N#Cc1ccc(NCCNc2ccc(C=O)c(-c3ccc(Cl)cc3Cl)c2)nc1. The van der Waals surface area contributed by atoms with Gasteiger partial charge < -0.3 is 10.6 Å². The lowest BCUT2D eigenvalue weighted by atomic mass is 9.99. The zero-order chi connectivity index (χ0) is 19.9.